The minimum atomic E-state index is -0.960. The minimum absolute atomic E-state index is 0.230. The smallest absolute Gasteiger partial charge is 0.335 e. The van der Waals surface area contributed by atoms with Gasteiger partial charge in [0, 0.05) is 22.5 Å². The van der Waals surface area contributed by atoms with Crippen molar-refractivity contribution in [1.29, 1.82) is 0 Å². The number of hydrogen-bond acceptors (Lipinski definition) is 5. The Balaban J connectivity index is 1.76. The van der Waals surface area contributed by atoms with Crippen LogP contribution >= 0.6 is 11.6 Å². The number of carboxylic acid groups (broad SMARTS) is 1. The minimum Gasteiger partial charge on any atom is -0.478 e. The summed E-state index contributed by atoms with van der Waals surface area (Å²) in [6.45, 7) is 1.96. The van der Waals surface area contributed by atoms with Crippen molar-refractivity contribution in [3.8, 4) is 0 Å². The molecule has 0 spiro atoms. The molecule has 7 heteroatoms. The molecule has 6 nitrogen and oxygen atoms in total. The first kappa shape index (κ1) is 16.7. The lowest BCUT2D eigenvalue weighted by Crippen LogP contribution is -2.00. The summed E-state index contributed by atoms with van der Waals surface area (Å²) < 4.78 is 0. The molecule has 3 N–H and O–H groups in total. The van der Waals surface area contributed by atoms with Gasteiger partial charge in [-0.1, -0.05) is 11.6 Å². The summed E-state index contributed by atoms with van der Waals surface area (Å²) in [5.74, 6) is 0.260. The summed E-state index contributed by atoms with van der Waals surface area (Å²) in [4.78, 5) is 19.3. The highest BCUT2D eigenvalue weighted by Crippen LogP contribution is 2.24. The molecule has 0 saturated heterocycles. The van der Waals surface area contributed by atoms with Gasteiger partial charge in [-0.25, -0.2) is 14.8 Å². The third-order valence-corrected chi connectivity index (χ3v) is 3.76. The maximum atomic E-state index is 10.9. The molecule has 3 aromatic rings. The van der Waals surface area contributed by atoms with Crippen LogP contribution in [0.1, 0.15) is 15.9 Å². The molecule has 0 saturated carbocycles. The predicted molar refractivity (Wildman–Crippen MR) is 98.2 cm³/mol. The maximum Gasteiger partial charge on any atom is 0.335 e. The lowest BCUT2D eigenvalue weighted by Gasteiger charge is -2.11. The second-order valence-electron chi connectivity index (χ2n) is 5.38. The second-order valence-corrected chi connectivity index (χ2v) is 5.82. The number of hydrogen-bond donors (Lipinski definition) is 3. The van der Waals surface area contributed by atoms with Gasteiger partial charge in [0.2, 0.25) is 0 Å². The molecule has 0 atom stereocenters. The van der Waals surface area contributed by atoms with Crippen molar-refractivity contribution in [2.45, 2.75) is 6.92 Å². The fourth-order valence-electron chi connectivity index (χ4n) is 2.24. The van der Waals surface area contributed by atoms with Gasteiger partial charge in [0.15, 0.2) is 0 Å². The molecule has 1 heterocycles. The fraction of sp³-hybridized carbons (Fsp3) is 0.0556. The van der Waals surface area contributed by atoms with Gasteiger partial charge in [0.05, 0.1) is 5.56 Å². The van der Waals surface area contributed by atoms with E-state index in [1.807, 2.05) is 19.1 Å². The topological polar surface area (TPSA) is 87.1 Å². The number of rotatable bonds is 5. The van der Waals surface area contributed by atoms with Gasteiger partial charge in [0.1, 0.15) is 18.0 Å². The van der Waals surface area contributed by atoms with Crippen LogP contribution in [0.2, 0.25) is 5.02 Å². The van der Waals surface area contributed by atoms with Gasteiger partial charge in [-0.3, -0.25) is 0 Å². The van der Waals surface area contributed by atoms with Crippen LogP contribution in [0.15, 0.2) is 54.9 Å². The number of anilines is 4. The van der Waals surface area contributed by atoms with E-state index >= 15 is 0 Å². The number of aryl methyl sites for hydroxylation is 1. The number of carboxylic acids is 1. The summed E-state index contributed by atoms with van der Waals surface area (Å²) in [7, 11) is 0. The summed E-state index contributed by atoms with van der Waals surface area (Å²) in [6.07, 6.45) is 1.45. The Morgan fingerprint density at radius 2 is 1.68 bits per heavy atom. The van der Waals surface area contributed by atoms with E-state index in [4.69, 9.17) is 16.7 Å². The van der Waals surface area contributed by atoms with Crippen LogP contribution in [0.25, 0.3) is 0 Å². The van der Waals surface area contributed by atoms with Crippen LogP contribution in [0.3, 0.4) is 0 Å². The van der Waals surface area contributed by atoms with Crippen LogP contribution in [-0.2, 0) is 0 Å². The Hall–Kier alpha value is -3.12. The lowest BCUT2D eigenvalue weighted by molar-refractivity contribution is 0.0697. The molecule has 0 amide bonds. The normalized spacial score (nSPS) is 10.3. The van der Waals surface area contributed by atoms with E-state index in [1.165, 1.54) is 18.5 Å². The molecule has 3 rings (SSSR count). The zero-order chi connectivity index (χ0) is 17.8. The molecule has 1 aromatic heterocycles. The number of benzene rings is 2. The van der Waals surface area contributed by atoms with E-state index in [0.29, 0.717) is 16.7 Å². The monoisotopic (exact) mass is 354 g/mol. The molecule has 0 aliphatic heterocycles. The molecule has 0 fully saturated rings. The van der Waals surface area contributed by atoms with Crippen LogP contribution in [0.4, 0.5) is 23.0 Å². The highest BCUT2D eigenvalue weighted by molar-refractivity contribution is 6.30. The van der Waals surface area contributed by atoms with E-state index in [9.17, 15) is 4.79 Å². The van der Waals surface area contributed by atoms with Gasteiger partial charge >= 0.3 is 5.97 Å². The summed E-state index contributed by atoms with van der Waals surface area (Å²) in [5.41, 5.74) is 2.87. The van der Waals surface area contributed by atoms with Crippen molar-refractivity contribution in [3.05, 3.63) is 71.0 Å². The first-order valence-electron chi connectivity index (χ1n) is 7.47. The molecule has 0 aliphatic rings. The van der Waals surface area contributed by atoms with Crippen LogP contribution in [0.5, 0.6) is 0 Å². The van der Waals surface area contributed by atoms with Gasteiger partial charge in [-0.15, -0.1) is 0 Å². The third-order valence-electron chi connectivity index (χ3n) is 3.52. The molecule has 0 unspecified atom stereocenters. The highest BCUT2D eigenvalue weighted by atomic mass is 35.5. The summed E-state index contributed by atoms with van der Waals surface area (Å²) >= 11 is 5.97. The zero-order valence-corrected chi connectivity index (χ0v) is 14.1. The number of halogens is 1. The van der Waals surface area contributed by atoms with Crippen molar-refractivity contribution in [2.75, 3.05) is 10.6 Å². The molecular formula is C18H15ClN4O2. The van der Waals surface area contributed by atoms with Crippen molar-refractivity contribution in [1.82, 2.24) is 9.97 Å². The van der Waals surface area contributed by atoms with Gasteiger partial charge < -0.3 is 15.7 Å². The average molecular weight is 355 g/mol. The number of nitrogens with zero attached hydrogens (tertiary/aromatic N) is 2. The first-order chi connectivity index (χ1) is 12.0. The standard InChI is InChI=1S/C18H15ClN4O2/c1-11-8-13(19)4-7-15(11)23-17-9-16(20-10-21-17)22-14-5-2-12(3-6-14)18(24)25/h2-10H,1H3,(H,24,25)(H2,20,21,22,23). The van der Waals surface area contributed by atoms with E-state index in [1.54, 1.807) is 24.3 Å². The molecule has 0 radical (unpaired) electrons. The zero-order valence-electron chi connectivity index (χ0n) is 13.3. The number of nitrogens with one attached hydrogen (secondary N) is 2. The fourth-order valence-corrected chi connectivity index (χ4v) is 2.47. The van der Waals surface area contributed by atoms with Crippen molar-refractivity contribution in [2.24, 2.45) is 0 Å². The largest absolute Gasteiger partial charge is 0.478 e. The van der Waals surface area contributed by atoms with E-state index < -0.39 is 5.97 Å². The Kier molecular flexibility index (Phi) is 4.81. The van der Waals surface area contributed by atoms with Crippen molar-refractivity contribution in [3.63, 3.8) is 0 Å². The Morgan fingerprint density at radius 3 is 2.32 bits per heavy atom. The predicted octanol–water partition coefficient (Wildman–Crippen LogP) is 4.62. The Bertz CT molecular complexity index is 913. The van der Waals surface area contributed by atoms with Gasteiger partial charge in [0.25, 0.3) is 0 Å². The summed E-state index contributed by atoms with van der Waals surface area (Å²) in [6, 6.07) is 13.8. The van der Waals surface area contributed by atoms with Gasteiger partial charge in [-0.05, 0) is 55.0 Å². The molecule has 0 aliphatic carbocycles. The molecular weight excluding hydrogens is 340 g/mol. The van der Waals surface area contributed by atoms with Gasteiger partial charge in [-0.2, -0.15) is 0 Å². The molecule has 2 aromatic carbocycles. The quantitative estimate of drug-likeness (QED) is 0.619. The van der Waals surface area contributed by atoms with Crippen molar-refractivity contribution < 1.29 is 9.90 Å². The molecule has 0 bridgehead atoms. The van der Waals surface area contributed by atoms with E-state index in [0.717, 1.165) is 16.9 Å². The molecule has 126 valence electrons. The lowest BCUT2D eigenvalue weighted by atomic mass is 10.2. The maximum absolute atomic E-state index is 10.9. The molecule has 25 heavy (non-hydrogen) atoms. The van der Waals surface area contributed by atoms with E-state index in [-0.39, 0.29) is 5.56 Å². The van der Waals surface area contributed by atoms with Crippen LogP contribution in [0, 0.1) is 6.92 Å². The van der Waals surface area contributed by atoms with Crippen LogP contribution in [-0.4, -0.2) is 21.0 Å². The number of carbonyl (C=O) groups is 1. The van der Waals surface area contributed by atoms with Crippen molar-refractivity contribution >= 4 is 40.6 Å². The SMILES string of the molecule is Cc1cc(Cl)ccc1Nc1cc(Nc2ccc(C(=O)O)cc2)ncn1. The third kappa shape index (κ3) is 4.24. The first-order valence-corrected chi connectivity index (χ1v) is 7.85. The van der Waals surface area contributed by atoms with E-state index in [2.05, 4.69) is 20.6 Å². The van der Waals surface area contributed by atoms with Crippen LogP contribution < -0.4 is 10.6 Å². The second kappa shape index (κ2) is 7.19. The summed E-state index contributed by atoms with van der Waals surface area (Å²) in [5, 5.41) is 15.9. The number of aromatic nitrogens is 2. The number of aromatic carboxylic acids is 1. The average Bonchev–Trinajstić information content (AvgIpc) is 2.58. The Morgan fingerprint density at radius 1 is 1.00 bits per heavy atom. The Labute approximate surface area is 149 Å². The highest BCUT2D eigenvalue weighted by Gasteiger charge is 2.05.